The van der Waals surface area contributed by atoms with Crippen LogP contribution < -0.4 is 10.6 Å². The number of nitrogens with one attached hydrogen (secondary N) is 2. The zero-order chi connectivity index (χ0) is 23.8. The smallest absolute Gasteiger partial charge is 0.272 e. The molecule has 10 nitrogen and oxygen atoms in total. The van der Waals surface area contributed by atoms with Gasteiger partial charge in [0.15, 0.2) is 16.7 Å². The molecule has 4 aromatic rings. The van der Waals surface area contributed by atoms with Crippen LogP contribution in [0.25, 0.3) is 10.3 Å². The molecule has 0 aromatic carbocycles. The van der Waals surface area contributed by atoms with Gasteiger partial charge in [0.2, 0.25) is 0 Å². The van der Waals surface area contributed by atoms with Crippen LogP contribution in [0.5, 0.6) is 0 Å². The Bertz CT molecular complexity index is 1350. The number of aromatic nitrogens is 6. The lowest BCUT2D eigenvalue weighted by atomic mass is 9.88. The van der Waals surface area contributed by atoms with Crippen LogP contribution in [0.4, 0.5) is 5.82 Å². The Labute approximate surface area is 201 Å². The Morgan fingerprint density at radius 2 is 1.88 bits per heavy atom. The fourth-order valence-corrected chi connectivity index (χ4v) is 4.74. The first-order valence-electron chi connectivity index (χ1n) is 9.79. The molecule has 0 radical (unpaired) electrons. The molecular formula is C20H19ClN8O2S2. The number of fused-ring (bicyclic) bond motifs is 1. The van der Waals surface area contributed by atoms with Crippen LogP contribution in [0.1, 0.15) is 64.5 Å². The van der Waals surface area contributed by atoms with E-state index in [1.165, 1.54) is 35.2 Å². The fourth-order valence-electron chi connectivity index (χ4n) is 2.92. The van der Waals surface area contributed by atoms with Gasteiger partial charge in [-0.3, -0.25) is 9.59 Å². The first-order valence-corrected chi connectivity index (χ1v) is 11.9. The second kappa shape index (κ2) is 9.04. The number of hydrogen-bond acceptors (Lipinski definition) is 10. The molecule has 4 rings (SSSR count). The van der Waals surface area contributed by atoms with Gasteiger partial charge in [-0.05, 0) is 18.4 Å². The highest BCUT2D eigenvalue weighted by atomic mass is 35.5. The van der Waals surface area contributed by atoms with Crippen LogP contribution in [-0.4, -0.2) is 41.9 Å². The van der Waals surface area contributed by atoms with Gasteiger partial charge < -0.3 is 10.6 Å². The second-order valence-electron chi connectivity index (χ2n) is 8.12. The molecule has 4 aromatic heterocycles. The molecule has 2 N–H and O–H groups in total. The quantitative estimate of drug-likeness (QED) is 0.417. The fraction of sp³-hybridized carbons (Fsp3) is 0.300. The lowest BCUT2D eigenvalue weighted by Gasteiger charge is -2.20. The third-order valence-corrected chi connectivity index (χ3v) is 6.80. The standard InChI is InChI=1S/C20H19ClN8O2S2/c1-9(26-17(31)13-14-19(24-7-23-13)32-8-25-14)18-22-6-11(33-18)16(30)27-12-5-10(20(2,3)4)15(21)29-28-12/h5-9H,1-4H3,(H,26,31)(H,27,28,30). The number of rotatable bonds is 5. The average Bonchev–Trinajstić information content (AvgIpc) is 3.43. The lowest BCUT2D eigenvalue weighted by molar-refractivity contribution is 0.0935. The summed E-state index contributed by atoms with van der Waals surface area (Å²) in [6.45, 7) is 7.76. The molecule has 0 saturated heterocycles. The van der Waals surface area contributed by atoms with E-state index in [0.717, 1.165) is 5.56 Å². The molecule has 1 unspecified atom stereocenters. The predicted octanol–water partition coefficient (Wildman–Crippen LogP) is 4.03. The van der Waals surface area contributed by atoms with Crippen molar-refractivity contribution in [2.75, 3.05) is 5.32 Å². The molecule has 0 spiro atoms. The normalized spacial score (nSPS) is 12.5. The first kappa shape index (κ1) is 23.1. The van der Waals surface area contributed by atoms with Gasteiger partial charge >= 0.3 is 0 Å². The average molecular weight is 503 g/mol. The Balaban J connectivity index is 1.46. The van der Waals surface area contributed by atoms with Crippen LogP contribution in [0.2, 0.25) is 5.15 Å². The lowest BCUT2D eigenvalue weighted by Crippen LogP contribution is -2.27. The Hall–Kier alpha value is -3.09. The summed E-state index contributed by atoms with van der Waals surface area (Å²) in [7, 11) is 0. The first-order chi connectivity index (χ1) is 15.6. The minimum Gasteiger partial charge on any atom is -0.342 e. The third kappa shape index (κ3) is 4.97. The number of anilines is 1. The number of hydrogen-bond donors (Lipinski definition) is 2. The summed E-state index contributed by atoms with van der Waals surface area (Å²) < 4.78 is 0. The van der Waals surface area contributed by atoms with Gasteiger partial charge in [0.1, 0.15) is 26.6 Å². The molecule has 13 heteroatoms. The van der Waals surface area contributed by atoms with Crippen molar-refractivity contribution >= 4 is 62.3 Å². The Morgan fingerprint density at radius 1 is 1.09 bits per heavy atom. The predicted molar refractivity (Wildman–Crippen MR) is 127 cm³/mol. The highest BCUT2D eigenvalue weighted by molar-refractivity contribution is 7.16. The van der Waals surface area contributed by atoms with Crippen molar-refractivity contribution in [2.24, 2.45) is 0 Å². The summed E-state index contributed by atoms with van der Waals surface area (Å²) in [6, 6.07) is 1.26. The van der Waals surface area contributed by atoms with Gasteiger partial charge in [0.25, 0.3) is 11.8 Å². The van der Waals surface area contributed by atoms with Crippen molar-refractivity contribution in [2.45, 2.75) is 39.2 Å². The molecular weight excluding hydrogens is 484 g/mol. The third-order valence-electron chi connectivity index (χ3n) is 4.61. The summed E-state index contributed by atoms with van der Waals surface area (Å²) in [4.78, 5) is 43.0. The van der Waals surface area contributed by atoms with Crippen LogP contribution in [0, 0.1) is 0 Å². The van der Waals surface area contributed by atoms with E-state index in [0.29, 0.717) is 31.2 Å². The van der Waals surface area contributed by atoms with Crippen molar-refractivity contribution in [3.8, 4) is 0 Å². The number of halogens is 1. The molecule has 1 atom stereocenters. The van der Waals surface area contributed by atoms with Gasteiger partial charge in [-0.25, -0.2) is 19.9 Å². The summed E-state index contributed by atoms with van der Waals surface area (Å²) in [5.41, 5.74) is 2.77. The molecule has 0 aliphatic rings. The van der Waals surface area contributed by atoms with Crippen LogP contribution in [0.15, 0.2) is 24.1 Å². The maximum Gasteiger partial charge on any atom is 0.272 e. The van der Waals surface area contributed by atoms with Gasteiger partial charge in [-0.1, -0.05) is 32.4 Å². The van der Waals surface area contributed by atoms with E-state index in [4.69, 9.17) is 11.6 Å². The van der Waals surface area contributed by atoms with Gasteiger partial charge in [0.05, 0.1) is 17.7 Å². The summed E-state index contributed by atoms with van der Waals surface area (Å²) >= 11 is 8.64. The summed E-state index contributed by atoms with van der Waals surface area (Å²) in [6.07, 6.45) is 2.78. The highest BCUT2D eigenvalue weighted by Gasteiger charge is 2.22. The number of carbonyl (C=O) groups is 2. The second-order valence-corrected chi connectivity index (χ2v) is 10.4. The zero-order valence-electron chi connectivity index (χ0n) is 18.1. The molecule has 0 saturated carbocycles. The van der Waals surface area contributed by atoms with Crippen molar-refractivity contribution in [1.29, 1.82) is 0 Å². The van der Waals surface area contributed by atoms with Crippen LogP contribution in [-0.2, 0) is 5.41 Å². The van der Waals surface area contributed by atoms with E-state index < -0.39 is 11.9 Å². The van der Waals surface area contributed by atoms with Gasteiger partial charge in [-0.2, -0.15) is 0 Å². The van der Waals surface area contributed by atoms with Crippen molar-refractivity contribution in [3.05, 3.63) is 50.4 Å². The van der Waals surface area contributed by atoms with Gasteiger partial charge in [-0.15, -0.1) is 32.9 Å². The molecule has 0 aliphatic carbocycles. The minimum atomic E-state index is -0.449. The number of nitrogens with zero attached hydrogens (tertiary/aromatic N) is 6. The maximum absolute atomic E-state index is 12.7. The molecule has 4 heterocycles. The molecule has 0 bridgehead atoms. The van der Waals surface area contributed by atoms with Crippen molar-refractivity contribution in [1.82, 2.24) is 35.5 Å². The maximum atomic E-state index is 12.7. The van der Waals surface area contributed by atoms with E-state index in [2.05, 4.69) is 40.8 Å². The van der Waals surface area contributed by atoms with Crippen molar-refractivity contribution in [3.63, 3.8) is 0 Å². The SMILES string of the molecule is CC(NC(=O)c1ncnc2scnc12)c1ncc(C(=O)Nc2cc(C(C)(C)C)c(Cl)nn2)s1. The zero-order valence-corrected chi connectivity index (χ0v) is 20.5. The van der Waals surface area contributed by atoms with Crippen LogP contribution >= 0.6 is 34.3 Å². The Morgan fingerprint density at radius 3 is 2.64 bits per heavy atom. The monoisotopic (exact) mass is 502 g/mol. The summed E-state index contributed by atoms with van der Waals surface area (Å²) in [5, 5.41) is 14.3. The Kier molecular flexibility index (Phi) is 6.32. The summed E-state index contributed by atoms with van der Waals surface area (Å²) in [5.74, 6) is -0.483. The van der Waals surface area contributed by atoms with E-state index in [-0.39, 0.29) is 17.0 Å². The number of thiazole rings is 2. The number of amides is 2. The molecule has 170 valence electrons. The van der Waals surface area contributed by atoms with E-state index >= 15 is 0 Å². The molecule has 0 aliphatic heterocycles. The van der Waals surface area contributed by atoms with Crippen molar-refractivity contribution < 1.29 is 9.59 Å². The van der Waals surface area contributed by atoms with E-state index in [9.17, 15) is 9.59 Å². The van der Waals surface area contributed by atoms with E-state index in [1.54, 1.807) is 18.5 Å². The topological polar surface area (TPSA) is 136 Å². The number of carbonyl (C=O) groups excluding carboxylic acids is 2. The molecule has 0 fully saturated rings. The minimum absolute atomic E-state index is 0.193. The van der Waals surface area contributed by atoms with Gasteiger partial charge in [0, 0.05) is 5.56 Å². The molecule has 33 heavy (non-hydrogen) atoms. The van der Waals surface area contributed by atoms with Crippen LogP contribution in [0.3, 0.4) is 0 Å². The largest absolute Gasteiger partial charge is 0.342 e. The highest BCUT2D eigenvalue weighted by Crippen LogP contribution is 2.29. The molecule has 2 amide bonds. The van der Waals surface area contributed by atoms with E-state index in [1.807, 2.05) is 20.8 Å².